The fourth-order valence-electron chi connectivity index (χ4n) is 1.03. The van der Waals surface area contributed by atoms with Gasteiger partial charge in [-0.2, -0.15) is 4.98 Å². The molecule has 0 unspecified atom stereocenters. The molecule has 0 aliphatic heterocycles. The number of hydrogen-bond donors (Lipinski definition) is 3. The van der Waals surface area contributed by atoms with E-state index >= 15 is 0 Å². The Labute approximate surface area is 80.6 Å². The van der Waals surface area contributed by atoms with Crippen LogP contribution in [0, 0.1) is 5.92 Å². The van der Waals surface area contributed by atoms with E-state index in [2.05, 4.69) is 4.98 Å². The van der Waals surface area contributed by atoms with E-state index in [0.717, 1.165) is 0 Å². The third-order valence-electron chi connectivity index (χ3n) is 1.87. The zero-order chi connectivity index (χ0) is 10.6. The molecule has 0 saturated heterocycles. The Hall–Kier alpha value is -1.40. The molecule has 1 heterocycles. The molecule has 0 bridgehead atoms. The first-order chi connectivity index (χ1) is 6.67. The largest absolute Gasteiger partial charge is 0.396 e. The normalized spacial score (nSPS) is 10.8. The second-order valence-electron chi connectivity index (χ2n) is 3.02. The van der Waals surface area contributed by atoms with Crippen LogP contribution in [0.3, 0.4) is 0 Å². The summed E-state index contributed by atoms with van der Waals surface area (Å²) in [5.74, 6) is -0.186. The van der Waals surface area contributed by atoms with E-state index in [9.17, 15) is 4.79 Å². The van der Waals surface area contributed by atoms with Gasteiger partial charge in [-0.25, -0.2) is 4.79 Å². The number of nitrogens with zero attached hydrogens (tertiary/aromatic N) is 2. The maximum atomic E-state index is 11.2. The first kappa shape index (κ1) is 10.7. The van der Waals surface area contributed by atoms with Crippen molar-refractivity contribution in [2.24, 2.45) is 5.92 Å². The highest BCUT2D eigenvalue weighted by Crippen LogP contribution is 1.98. The third-order valence-corrected chi connectivity index (χ3v) is 1.87. The van der Waals surface area contributed by atoms with Crippen LogP contribution in [-0.2, 0) is 6.54 Å². The Morgan fingerprint density at radius 3 is 2.64 bits per heavy atom. The first-order valence-electron chi connectivity index (χ1n) is 4.22. The van der Waals surface area contributed by atoms with Crippen LogP contribution in [-0.4, -0.2) is 33.0 Å². The lowest BCUT2D eigenvalue weighted by molar-refractivity contribution is 0.136. The number of aliphatic hydroxyl groups excluding tert-OH is 2. The summed E-state index contributed by atoms with van der Waals surface area (Å²) in [4.78, 5) is 14.7. The number of hydrogen-bond acceptors (Lipinski definition) is 5. The molecule has 0 saturated carbocycles. The van der Waals surface area contributed by atoms with Crippen LogP contribution in [0.1, 0.15) is 0 Å². The summed E-state index contributed by atoms with van der Waals surface area (Å²) in [6.07, 6.45) is 1.49. The van der Waals surface area contributed by atoms with Crippen LogP contribution in [0.2, 0.25) is 0 Å². The van der Waals surface area contributed by atoms with Crippen molar-refractivity contribution in [1.29, 1.82) is 0 Å². The second-order valence-corrected chi connectivity index (χ2v) is 3.02. The Balaban J connectivity index is 2.81. The SMILES string of the molecule is Nc1ccn(CC(CO)CO)c(=O)n1. The molecule has 1 aromatic rings. The van der Waals surface area contributed by atoms with Gasteiger partial charge in [0.25, 0.3) is 0 Å². The van der Waals surface area contributed by atoms with Crippen molar-refractivity contribution < 1.29 is 10.2 Å². The zero-order valence-electron chi connectivity index (χ0n) is 7.63. The van der Waals surface area contributed by atoms with Gasteiger partial charge >= 0.3 is 5.69 Å². The van der Waals surface area contributed by atoms with E-state index in [-0.39, 0.29) is 31.5 Å². The summed E-state index contributed by atoms with van der Waals surface area (Å²) in [5.41, 5.74) is 4.83. The van der Waals surface area contributed by atoms with Crippen molar-refractivity contribution in [3.63, 3.8) is 0 Å². The maximum Gasteiger partial charge on any atom is 0.349 e. The van der Waals surface area contributed by atoms with E-state index in [4.69, 9.17) is 15.9 Å². The standard InChI is InChI=1S/C8H13N3O3/c9-7-1-2-11(8(14)10-7)3-6(4-12)5-13/h1-2,6,12-13H,3-5H2,(H2,9,10,14). The first-order valence-corrected chi connectivity index (χ1v) is 4.22. The Morgan fingerprint density at radius 1 is 1.50 bits per heavy atom. The van der Waals surface area contributed by atoms with Gasteiger partial charge in [0.2, 0.25) is 0 Å². The maximum absolute atomic E-state index is 11.2. The van der Waals surface area contributed by atoms with E-state index in [0.29, 0.717) is 0 Å². The van der Waals surface area contributed by atoms with Gasteiger partial charge in [-0.1, -0.05) is 0 Å². The highest BCUT2D eigenvalue weighted by molar-refractivity contribution is 5.23. The molecule has 0 amide bonds. The average molecular weight is 199 g/mol. The van der Waals surface area contributed by atoms with Gasteiger partial charge in [0, 0.05) is 31.9 Å². The fraction of sp³-hybridized carbons (Fsp3) is 0.500. The van der Waals surface area contributed by atoms with Crippen molar-refractivity contribution in [1.82, 2.24) is 9.55 Å². The molecule has 4 N–H and O–H groups in total. The quantitative estimate of drug-likeness (QED) is 0.543. The third kappa shape index (κ3) is 2.54. The molecule has 0 atom stereocenters. The lowest BCUT2D eigenvalue weighted by Crippen LogP contribution is -2.28. The van der Waals surface area contributed by atoms with Crippen molar-refractivity contribution in [3.8, 4) is 0 Å². The van der Waals surface area contributed by atoms with Gasteiger partial charge in [0.1, 0.15) is 5.82 Å². The minimum absolute atomic E-state index is 0.163. The molecule has 6 nitrogen and oxygen atoms in total. The molecule has 1 rings (SSSR count). The van der Waals surface area contributed by atoms with Crippen molar-refractivity contribution >= 4 is 5.82 Å². The van der Waals surface area contributed by atoms with Gasteiger partial charge in [-0.3, -0.25) is 4.57 Å². The Bertz CT molecular complexity index is 346. The molecular formula is C8H13N3O3. The van der Waals surface area contributed by atoms with Gasteiger partial charge in [-0.05, 0) is 6.07 Å². The van der Waals surface area contributed by atoms with Gasteiger partial charge in [0.15, 0.2) is 0 Å². The second kappa shape index (κ2) is 4.73. The molecule has 0 aliphatic carbocycles. The van der Waals surface area contributed by atoms with E-state index in [1.165, 1.54) is 16.8 Å². The molecule has 0 fully saturated rings. The van der Waals surface area contributed by atoms with E-state index in [1.54, 1.807) is 0 Å². The molecule has 14 heavy (non-hydrogen) atoms. The van der Waals surface area contributed by atoms with E-state index < -0.39 is 5.69 Å². The van der Waals surface area contributed by atoms with Gasteiger partial charge in [0.05, 0.1) is 0 Å². The zero-order valence-corrected chi connectivity index (χ0v) is 7.63. The van der Waals surface area contributed by atoms with Gasteiger partial charge in [-0.15, -0.1) is 0 Å². The molecule has 1 aromatic heterocycles. The van der Waals surface area contributed by atoms with Crippen LogP contribution in [0.5, 0.6) is 0 Å². The molecule has 0 aromatic carbocycles. The molecule has 0 spiro atoms. The number of aromatic nitrogens is 2. The smallest absolute Gasteiger partial charge is 0.349 e. The Kier molecular flexibility index (Phi) is 3.61. The summed E-state index contributed by atoms with van der Waals surface area (Å²) in [6.45, 7) is -0.111. The number of nitrogen functional groups attached to an aromatic ring is 1. The number of anilines is 1. The molecule has 0 aliphatic rings. The van der Waals surface area contributed by atoms with Crippen LogP contribution >= 0.6 is 0 Å². The molecule has 0 radical (unpaired) electrons. The predicted octanol–water partition coefficient (Wildman–Crippen LogP) is -1.57. The summed E-state index contributed by atoms with van der Waals surface area (Å²) in [6, 6.07) is 1.49. The van der Waals surface area contributed by atoms with Crippen molar-refractivity contribution in [2.75, 3.05) is 18.9 Å². The topological polar surface area (TPSA) is 101 Å². The monoisotopic (exact) mass is 199 g/mol. The van der Waals surface area contributed by atoms with Crippen LogP contribution in [0.4, 0.5) is 5.82 Å². The predicted molar refractivity (Wildman–Crippen MR) is 50.6 cm³/mol. The van der Waals surface area contributed by atoms with Gasteiger partial charge < -0.3 is 15.9 Å². The number of rotatable bonds is 4. The number of aliphatic hydroxyl groups is 2. The lowest BCUT2D eigenvalue weighted by Gasteiger charge is -2.11. The highest BCUT2D eigenvalue weighted by atomic mass is 16.3. The Morgan fingerprint density at radius 2 is 2.14 bits per heavy atom. The highest BCUT2D eigenvalue weighted by Gasteiger charge is 2.07. The summed E-state index contributed by atoms with van der Waals surface area (Å²) >= 11 is 0. The minimum Gasteiger partial charge on any atom is -0.396 e. The average Bonchev–Trinajstić information content (AvgIpc) is 2.17. The number of nitrogens with two attached hydrogens (primary N) is 1. The summed E-state index contributed by atoms with van der Waals surface area (Å²) in [7, 11) is 0. The van der Waals surface area contributed by atoms with Crippen LogP contribution in [0.25, 0.3) is 0 Å². The van der Waals surface area contributed by atoms with E-state index in [1.807, 2.05) is 0 Å². The lowest BCUT2D eigenvalue weighted by atomic mass is 10.2. The van der Waals surface area contributed by atoms with Crippen molar-refractivity contribution in [3.05, 3.63) is 22.7 Å². The summed E-state index contributed by atoms with van der Waals surface area (Å²) in [5, 5.41) is 17.6. The van der Waals surface area contributed by atoms with Crippen LogP contribution < -0.4 is 11.4 Å². The van der Waals surface area contributed by atoms with Crippen molar-refractivity contribution in [2.45, 2.75) is 6.54 Å². The molecular weight excluding hydrogens is 186 g/mol. The molecule has 78 valence electrons. The minimum atomic E-state index is -0.475. The fourth-order valence-corrected chi connectivity index (χ4v) is 1.03. The van der Waals surface area contributed by atoms with Crippen LogP contribution in [0.15, 0.2) is 17.1 Å². The molecule has 6 heteroatoms. The summed E-state index contributed by atoms with van der Waals surface area (Å²) < 4.78 is 1.30.